The van der Waals surface area contributed by atoms with Crippen molar-refractivity contribution in [3.05, 3.63) is 0 Å². The number of carboxylic acid groups (broad SMARTS) is 1. The average molecular weight is 288 g/mol. The van der Waals surface area contributed by atoms with Crippen molar-refractivity contribution >= 4 is 23.6 Å². The Bertz CT molecular complexity index is 333. The molecule has 0 aromatic heterocycles. The molecular formula is C13H24N2O3S. The van der Waals surface area contributed by atoms with Gasteiger partial charge in [0.25, 0.3) is 0 Å². The zero-order valence-electron chi connectivity index (χ0n) is 12.2. The Labute approximate surface area is 119 Å². The van der Waals surface area contributed by atoms with E-state index < -0.39 is 12.0 Å². The SMILES string of the molecule is CC(C(=O)O)N1CCN(C(=O)CSC(C)(C)C)CC1. The molecule has 0 aromatic rings. The number of carbonyl (C=O) groups excluding carboxylic acids is 1. The van der Waals surface area contributed by atoms with E-state index in [1.165, 1.54) is 0 Å². The lowest BCUT2D eigenvalue weighted by molar-refractivity contribution is -0.143. The number of carbonyl (C=O) groups is 2. The maximum Gasteiger partial charge on any atom is 0.320 e. The van der Waals surface area contributed by atoms with E-state index in [0.29, 0.717) is 31.9 Å². The number of hydrogen-bond acceptors (Lipinski definition) is 4. The van der Waals surface area contributed by atoms with Gasteiger partial charge in [0.15, 0.2) is 0 Å². The standard InChI is InChI=1S/C13H24N2O3S/c1-10(12(17)18)14-5-7-15(8-6-14)11(16)9-19-13(2,3)4/h10H,5-9H2,1-4H3,(H,17,18). The number of amides is 1. The summed E-state index contributed by atoms with van der Waals surface area (Å²) < 4.78 is 0.0926. The van der Waals surface area contributed by atoms with E-state index >= 15 is 0 Å². The second-order valence-corrected chi connectivity index (χ2v) is 7.63. The first-order chi connectivity index (χ1) is 8.70. The highest BCUT2D eigenvalue weighted by molar-refractivity contribution is 8.01. The summed E-state index contributed by atoms with van der Waals surface area (Å²) >= 11 is 1.65. The van der Waals surface area contributed by atoms with Gasteiger partial charge in [-0.05, 0) is 6.92 Å². The summed E-state index contributed by atoms with van der Waals surface area (Å²) in [6, 6.07) is -0.471. The van der Waals surface area contributed by atoms with Gasteiger partial charge in [-0.3, -0.25) is 14.5 Å². The van der Waals surface area contributed by atoms with Crippen LogP contribution < -0.4 is 0 Å². The predicted octanol–water partition coefficient (Wildman–Crippen LogP) is 1.14. The lowest BCUT2D eigenvalue weighted by Gasteiger charge is -2.36. The van der Waals surface area contributed by atoms with Gasteiger partial charge in [0, 0.05) is 30.9 Å². The van der Waals surface area contributed by atoms with Gasteiger partial charge in [-0.2, -0.15) is 0 Å². The molecule has 6 heteroatoms. The van der Waals surface area contributed by atoms with Crippen LogP contribution in [0.3, 0.4) is 0 Å². The molecule has 1 fully saturated rings. The third-order valence-electron chi connectivity index (χ3n) is 3.20. The summed E-state index contributed by atoms with van der Waals surface area (Å²) in [5, 5.41) is 8.96. The van der Waals surface area contributed by atoms with Crippen LogP contribution in [0, 0.1) is 0 Å². The molecule has 5 nitrogen and oxygen atoms in total. The minimum atomic E-state index is -0.803. The highest BCUT2D eigenvalue weighted by Gasteiger charge is 2.27. The van der Waals surface area contributed by atoms with E-state index in [2.05, 4.69) is 20.8 Å². The molecule has 19 heavy (non-hydrogen) atoms. The number of rotatable bonds is 4. The zero-order chi connectivity index (χ0) is 14.6. The minimum Gasteiger partial charge on any atom is -0.480 e. The van der Waals surface area contributed by atoms with Crippen LogP contribution in [0.5, 0.6) is 0 Å². The minimum absolute atomic E-state index is 0.0926. The van der Waals surface area contributed by atoms with Crippen LogP contribution in [-0.4, -0.2) is 69.5 Å². The lowest BCUT2D eigenvalue weighted by Crippen LogP contribution is -2.53. The van der Waals surface area contributed by atoms with Crippen LogP contribution in [0.4, 0.5) is 0 Å². The molecule has 1 aliphatic rings. The number of hydrogen-bond donors (Lipinski definition) is 1. The van der Waals surface area contributed by atoms with E-state index in [4.69, 9.17) is 5.11 Å². The predicted molar refractivity (Wildman–Crippen MR) is 77.5 cm³/mol. The Kier molecular flexibility index (Phi) is 5.67. The van der Waals surface area contributed by atoms with Gasteiger partial charge in [0.05, 0.1) is 5.75 Å². The fourth-order valence-electron chi connectivity index (χ4n) is 1.88. The fourth-order valence-corrected chi connectivity index (χ4v) is 2.62. The van der Waals surface area contributed by atoms with Crippen molar-refractivity contribution in [2.24, 2.45) is 0 Å². The molecule has 1 rings (SSSR count). The first-order valence-electron chi connectivity index (χ1n) is 6.59. The largest absolute Gasteiger partial charge is 0.480 e. The van der Waals surface area contributed by atoms with Crippen molar-refractivity contribution in [1.82, 2.24) is 9.80 Å². The number of thioether (sulfide) groups is 1. The third kappa shape index (κ3) is 5.40. The molecule has 0 saturated carbocycles. The molecule has 1 heterocycles. The molecule has 0 aliphatic carbocycles. The van der Waals surface area contributed by atoms with Crippen LogP contribution in [0.25, 0.3) is 0 Å². The summed E-state index contributed by atoms with van der Waals surface area (Å²) in [4.78, 5) is 26.7. The third-order valence-corrected chi connectivity index (χ3v) is 4.46. The van der Waals surface area contributed by atoms with Crippen LogP contribution in [-0.2, 0) is 9.59 Å². The number of nitrogens with zero attached hydrogens (tertiary/aromatic N) is 2. The summed E-state index contributed by atoms with van der Waals surface area (Å²) in [6.07, 6.45) is 0. The van der Waals surface area contributed by atoms with Crippen molar-refractivity contribution in [2.75, 3.05) is 31.9 Å². The molecule has 0 bridgehead atoms. The van der Waals surface area contributed by atoms with Gasteiger partial charge >= 0.3 is 5.97 Å². The lowest BCUT2D eigenvalue weighted by atomic mass is 10.2. The van der Waals surface area contributed by atoms with Gasteiger partial charge in [0.2, 0.25) is 5.91 Å². The van der Waals surface area contributed by atoms with Crippen LogP contribution in [0.15, 0.2) is 0 Å². The maximum absolute atomic E-state index is 12.0. The van der Waals surface area contributed by atoms with E-state index in [-0.39, 0.29) is 10.7 Å². The molecule has 1 N–H and O–H groups in total. The second kappa shape index (κ2) is 6.61. The Balaban J connectivity index is 2.37. The summed E-state index contributed by atoms with van der Waals surface area (Å²) in [5.74, 6) is -0.150. The molecule has 1 unspecified atom stereocenters. The molecule has 110 valence electrons. The Morgan fingerprint density at radius 3 is 2.16 bits per heavy atom. The molecule has 1 amide bonds. The number of aliphatic carboxylic acids is 1. The van der Waals surface area contributed by atoms with Crippen LogP contribution >= 0.6 is 11.8 Å². The van der Waals surface area contributed by atoms with Gasteiger partial charge < -0.3 is 10.0 Å². The summed E-state index contributed by atoms with van der Waals surface area (Å²) in [6.45, 7) is 10.5. The number of piperazine rings is 1. The van der Waals surface area contributed by atoms with E-state index in [1.807, 2.05) is 9.80 Å². The summed E-state index contributed by atoms with van der Waals surface area (Å²) in [7, 11) is 0. The molecule has 1 saturated heterocycles. The van der Waals surface area contributed by atoms with Gasteiger partial charge in [-0.1, -0.05) is 20.8 Å². The number of carboxylic acids is 1. The van der Waals surface area contributed by atoms with Crippen molar-refractivity contribution in [3.63, 3.8) is 0 Å². The normalized spacial score (nSPS) is 19.3. The smallest absolute Gasteiger partial charge is 0.320 e. The molecule has 0 spiro atoms. The fraction of sp³-hybridized carbons (Fsp3) is 0.846. The van der Waals surface area contributed by atoms with Gasteiger partial charge in [-0.15, -0.1) is 11.8 Å². The molecular weight excluding hydrogens is 264 g/mol. The van der Waals surface area contributed by atoms with Crippen LogP contribution in [0.2, 0.25) is 0 Å². The molecule has 0 aromatic carbocycles. The van der Waals surface area contributed by atoms with Crippen molar-refractivity contribution < 1.29 is 14.7 Å². The highest BCUT2D eigenvalue weighted by atomic mass is 32.2. The van der Waals surface area contributed by atoms with E-state index in [9.17, 15) is 9.59 Å². The summed E-state index contributed by atoms with van der Waals surface area (Å²) in [5.41, 5.74) is 0. The van der Waals surface area contributed by atoms with Crippen molar-refractivity contribution in [3.8, 4) is 0 Å². The van der Waals surface area contributed by atoms with Crippen molar-refractivity contribution in [2.45, 2.75) is 38.5 Å². The van der Waals surface area contributed by atoms with Crippen LogP contribution in [0.1, 0.15) is 27.7 Å². The Hall–Kier alpha value is -0.750. The first kappa shape index (κ1) is 16.3. The maximum atomic E-state index is 12.0. The quantitative estimate of drug-likeness (QED) is 0.840. The van der Waals surface area contributed by atoms with E-state index in [1.54, 1.807) is 18.7 Å². The average Bonchev–Trinajstić information content (AvgIpc) is 2.34. The first-order valence-corrected chi connectivity index (χ1v) is 7.58. The molecule has 1 atom stereocenters. The Morgan fingerprint density at radius 1 is 1.21 bits per heavy atom. The zero-order valence-corrected chi connectivity index (χ0v) is 13.0. The topological polar surface area (TPSA) is 60.9 Å². The second-order valence-electron chi connectivity index (χ2n) is 5.83. The van der Waals surface area contributed by atoms with Gasteiger partial charge in [0.1, 0.15) is 6.04 Å². The highest BCUT2D eigenvalue weighted by Crippen LogP contribution is 2.23. The molecule has 0 radical (unpaired) electrons. The molecule has 1 aliphatic heterocycles. The van der Waals surface area contributed by atoms with E-state index in [0.717, 1.165) is 0 Å². The monoisotopic (exact) mass is 288 g/mol. The van der Waals surface area contributed by atoms with Crippen molar-refractivity contribution in [1.29, 1.82) is 0 Å². The Morgan fingerprint density at radius 2 is 1.74 bits per heavy atom. The van der Waals surface area contributed by atoms with Gasteiger partial charge in [-0.25, -0.2) is 0 Å².